The maximum absolute atomic E-state index is 5.55. The molecule has 14 heavy (non-hydrogen) atoms. The van der Waals surface area contributed by atoms with E-state index >= 15 is 0 Å². The zero-order chi connectivity index (χ0) is 9.60. The molecule has 2 aromatic rings. The van der Waals surface area contributed by atoms with Crippen LogP contribution in [0.2, 0.25) is 0 Å². The van der Waals surface area contributed by atoms with E-state index in [0.717, 1.165) is 24.1 Å². The summed E-state index contributed by atoms with van der Waals surface area (Å²) in [7, 11) is 0. The third-order valence-corrected chi connectivity index (χ3v) is 2.97. The molecule has 0 spiro atoms. The fourth-order valence-electron chi connectivity index (χ4n) is 1.92. The summed E-state index contributed by atoms with van der Waals surface area (Å²) < 4.78 is 0. The molecule has 0 amide bonds. The van der Waals surface area contributed by atoms with Crippen molar-refractivity contribution in [1.82, 2.24) is 10.2 Å². The van der Waals surface area contributed by atoms with Gasteiger partial charge in [0.15, 0.2) is 0 Å². The molecule has 1 aliphatic carbocycles. The van der Waals surface area contributed by atoms with Crippen molar-refractivity contribution in [2.45, 2.75) is 18.3 Å². The summed E-state index contributed by atoms with van der Waals surface area (Å²) in [6, 6.07) is 8.09. The molecule has 0 aliphatic heterocycles. The van der Waals surface area contributed by atoms with Gasteiger partial charge in [-0.25, -0.2) is 0 Å². The largest absolute Gasteiger partial charge is 0.280 e. The summed E-state index contributed by atoms with van der Waals surface area (Å²) >= 11 is 0. The fourth-order valence-corrected chi connectivity index (χ4v) is 1.92. The minimum atomic E-state index is -0.0455. The van der Waals surface area contributed by atoms with E-state index in [-0.39, 0.29) is 5.41 Å². The van der Waals surface area contributed by atoms with Gasteiger partial charge >= 0.3 is 0 Å². The zero-order valence-electron chi connectivity index (χ0n) is 7.75. The molecule has 0 bridgehead atoms. The van der Waals surface area contributed by atoms with E-state index in [9.17, 15) is 0 Å². The summed E-state index contributed by atoms with van der Waals surface area (Å²) in [5, 5.41) is 8.50. The number of benzene rings is 1. The second-order valence-corrected chi connectivity index (χ2v) is 3.84. The Labute approximate surface area is 82.3 Å². The van der Waals surface area contributed by atoms with Gasteiger partial charge in [0, 0.05) is 5.39 Å². The normalized spacial score (nSPS) is 17.9. The van der Waals surface area contributed by atoms with Crippen molar-refractivity contribution in [2.24, 2.45) is 0 Å². The minimum Gasteiger partial charge on any atom is -0.280 e. The van der Waals surface area contributed by atoms with Gasteiger partial charge in [0.25, 0.3) is 0 Å². The van der Waals surface area contributed by atoms with E-state index in [1.165, 1.54) is 5.39 Å². The molecule has 1 aliphatic rings. The number of fused-ring (bicyclic) bond motifs is 1. The van der Waals surface area contributed by atoms with Crippen molar-refractivity contribution in [1.29, 1.82) is 0 Å². The fraction of sp³-hybridized carbons (Fsp3) is 0.250. The number of para-hydroxylation sites is 1. The summed E-state index contributed by atoms with van der Waals surface area (Å²) in [6.07, 6.45) is 7.71. The Kier molecular flexibility index (Phi) is 1.30. The number of hydrogen-bond donors (Lipinski definition) is 1. The molecule has 0 unspecified atom stereocenters. The summed E-state index contributed by atoms with van der Waals surface area (Å²) in [5.74, 6) is 2.88. The van der Waals surface area contributed by atoms with Crippen LogP contribution in [0.3, 0.4) is 0 Å². The molecule has 0 atom stereocenters. The van der Waals surface area contributed by atoms with Crippen molar-refractivity contribution >= 4 is 10.9 Å². The van der Waals surface area contributed by atoms with Gasteiger partial charge in [-0.2, -0.15) is 5.10 Å². The van der Waals surface area contributed by atoms with Gasteiger partial charge in [0.1, 0.15) is 0 Å². The van der Waals surface area contributed by atoms with Gasteiger partial charge in [-0.15, -0.1) is 6.42 Å². The number of terminal acetylenes is 1. The molecule has 1 heterocycles. The van der Waals surface area contributed by atoms with Crippen LogP contribution in [0.1, 0.15) is 18.5 Å². The van der Waals surface area contributed by atoms with Crippen LogP contribution in [0.25, 0.3) is 10.9 Å². The number of H-pyrrole nitrogens is 1. The summed E-state index contributed by atoms with van der Waals surface area (Å²) in [6.45, 7) is 0. The molecular weight excluding hydrogens is 172 g/mol. The first kappa shape index (κ1) is 7.64. The zero-order valence-corrected chi connectivity index (χ0v) is 7.75. The van der Waals surface area contributed by atoms with Crippen LogP contribution in [-0.4, -0.2) is 10.2 Å². The van der Waals surface area contributed by atoms with Gasteiger partial charge in [-0.05, 0) is 18.9 Å². The molecule has 3 rings (SSSR count). The van der Waals surface area contributed by atoms with Crippen LogP contribution in [0.15, 0.2) is 24.3 Å². The van der Waals surface area contributed by atoms with Crippen LogP contribution in [-0.2, 0) is 5.41 Å². The van der Waals surface area contributed by atoms with E-state index < -0.39 is 0 Å². The molecule has 0 saturated heterocycles. The first-order valence-corrected chi connectivity index (χ1v) is 4.77. The molecule has 1 N–H and O–H groups in total. The maximum Gasteiger partial charge on any atom is 0.0924 e. The number of hydrogen-bond acceptors (Lipinski definition) is 1. The van der Waals surface area contributed by atoms with Crippen molar-refractivity contribution in [2.75, 3.05) is 0 Å². The topological polar surface area (TPSA) is 28.7 Å². The molecule has 2 heteroatoms. The van der Waals surface area contributed by atoms with E-state index in [4.69, 9.17) is 6.42 Å². The van der Waals surface area contributed by atoms with Crippen molar-refractivity contribution in [3.8, 4) is 12.3 Å². The lowest BCUT2D eigenvalue weighted by Crippen LogP contribution is -2.03. The van der Waals surface area contributed by atoms with E-state index in [0.29, 0.717) is 0 Å². The molecule has 1 aromatic carbocycles. The highest BCUT2D eigenvalue weighted by Crippen LogP contribution is 2.48. The number of nitrogens with one attached hydrogen (secondary N) is 1. The molecule has 1 saturated carbocycles. The average molecular weight is 182 g/mol. The third-order valence-electron chi connectivity index (χ3n) is 2.97. The summed E-state index contributed by atoms with van der Waals surface area (Å²) in [5.41, 5.74) is 2.08. The van der Waals surface area contributed by atoms with Crippen LogP contribution < -0.4 is 0 Å². The van der Waals surface area contributed by atoms with E-state index in [1.54, 1.807) is 0 Å². The number of nitrogens with zero attached hydrogens (tertiary/aromatic N) is 1. The predicted octanol–water partition coefficient (Wildman–Crippen LogP) is 2.23. The predicted molar refractivity (Wildman–Crippen MR) is 55.8 cm³/mol. The van der Waals surface area contributed by atoms with Gasteiger partial charge in [0.05, 0.1) is 16.6 Å². The Morgan fingerprint density at radius 3 is 2.86 bits per heavy atom. The highest BCUT2D eigenvalue weighted by atomic mass is 15.1. The molecule has 1 aromatic heterocycles. The van der Waals surface area contributed by atoms with E-state index in [1.807, 2.05) is 18.2 Å². The summed E-state index contributed by atoms with van der Waals surface area (Å²) in [4.78, 5) is 0. The second kappa shape index (κ2) is 2.39. The van der Waals surface area contributed by atoms with Crippen LogP contribution in [0.4, 0.5) is 0 Å². The molecule has 2 nitrogen and oxygen atoms in total. The molecular formula is C12H10N2. The van der Waals surface area contributed by atoms with Crippen molar-refractivity contribution in [3.05, 3.63) is 30.0 Å². The third kappa shape index (κ3) is 0.843. The molecule has 68 valence electrons. The first-order valence-electron chi connectivity index (χ1n) is 4.77. The second-order valence-electron chi connectivity index (χ2n) is 3.84. The Balaban J connectivity index is 2.29. The lowest BCUT2D eigenvalue weighted by atomic mass is 10.0. The Bertz CT molecular complexity index is 526. The van der Waals surface area contributed by atoms with Gasteiger partial charge in [-0.3, -0.25) is 5.10 Å². The van der Waals surface area contributed by atoms with Gasteiger partial charge in [-0.1, -0.05) is 24.1 Å². The highest BCUT2D eigenvalue weighted by Gasteiger charge is 2.45. The number of rotatable bonds is 1. The van der Waals surface area contributed by atoms with Crippen molar-refractivity contribution in [3.63, 3.8) is 0 Å². The highest BCUT2D eigenvalue weighted by molar-refractivity contribution is 5.83. The average Bonchev–Trinajstić information content (AvgIpc) is 2.91. The van der Waals surface area contributed by atoms with Crippen LogP contribution in [0, 0.1) is 12.3 Å². The van der Waals surface area contributed by atoms with Gasteiger partial charge < -0.3 is 0 Å². The first-order chi connectivity index (χ1) is 6.86. The van der Waals surface area contributed by atoms with Crippen LogP contribution in [0.5, 0.6) is 0 Å². The lowest BCUT2D eigenvalue weighted by molar-refractivity contribution is 0.860. The Morgan fingerprint density at radius 1 is 1.36 bits per heavy atom. The lowest BCUT2D eigenvalue weighted by Gasteiger charge is -2.03. The number of aromatic nitrogens is 2. The SMILES string of the molecule is C#CC1(c2[nH]nc3ccccc23)CC1. The minimum absolute atomic E-state index is 0.0455. The van der Waals surface area contributed by atoms with Crippen LogP contribution >= 0.6 is 0 Å². The van der Waals surface area contributed by atoms with E-state index in [2.05, 4.69) is 22.2 Å². The van der Waals surface area contributed by atoms with Crippen molar-refractivity contribution < 1.29 is 0 Å². The number of aromatic amines is 1. The van der Waals surface area contributed by atoms with Gasteiger partial charge in [0.2, 0.25) is 0 Å². The molecule has 1 fully saturated rings. The maximum atomic E-state index is 5.55. The Hall–Kier alpha value is -1.75. The Morgan fingerprint density at radius 2 is 2.14 bits per heavy atom. The smallest absolute Gasteiger partial charge is 0.0924 e. The standard InChI is InChI=1S/C12H10N2/c1-2-12(7-8-12)11-9-5-3-4-6-10(9)13-14-11/h1,3-6H,7-8H2,(H,13,14). The quantitative estimate of drug-likeness (QED) is 0.673. The monoisotopic (exact) mass is 182 g/mol. The molecule has 0 radical (unpaired) electrons.